The van der Waals surface area contributed by atoms with Crippen molar-refractivity contribution in [3.63, 3.8) is 0 Å². The van der Waals surface area contributed by atoms with Crippen molar-refractivity contribution in [2.75, 3.05) is 6.61 Å². The molecule has 0 atom stereocenters. The molecule has 4 nitrogen and oxygen atoms in total. The van der Waals surface area contributed by atoms with E-state index in [2.05, 4.69) is 60.6 Å². The summed E-state index contributed by atoms with van der Waals surface area (Å²) in [5.74, 6) is 0.285. The smallest absolute Gasteiger partial charge is 0.277 e. The van der Waals surface area contributed by atoms with E-state index in [9.17, 15) is 4.79 Å². The average molecular weight is 526 g/mol. The van der Waals surface area contributed by atoms with E-state index < -0.39 is 0 Å². The molecule has 0 saturated carbocycles. The highest BCUT2D eigenvalue weighted by Crippen LogP contribution is 2.34. The Morgan fingerprint density at radius 1 is 0.933 bits per heavy atom. The third-order valence-electron chi connectivity index (χ3n) is 4.75. The third kappa shape index (κ3) is 4.55. The Morgan fingerprint density at radius 3 is 2.53 bits per heavy atom. The lowest BCUT2D eigenvalue weighted by Gasteiger charge is -2.10. The predicted molar refractivity (Wildman–Crippen MR) is 129 cm³/mol. The van der Waals surface area contributed by atoms with Crippen molar-refractivity contribution in [2.45, 2.75) is 6.92 Å². The second-order valence-electron chi connectivity index (χ2n) is 6.83. The van der Waals surface area contributed by atoms with E-state index in [1.165, 1.54) is 5.39 Å². The number of nitrogens with one attached hydrogen (secondary N) is 1. The van der Waals surface area contributed by atoms with E-state index in [1.54, 1.807) is 0 Å². The Labute approximate surface area is 191 Å². The number of halogens is 2. The van der Waals surface area contributed by atoms with E-state index in [1.807, 2.05) is 61.5 Å². The van der Waals surface area contributed by atoms with Gasteiger partial charge in [-0.3, -0.25) is 4.79 Å². The first kappa shape index (κ1) is 20.6. The SMILES string of the molecule is C/C(=N\NC(=O)COc1ccc2cc(Br)ccc2c1Br)c1ccc2ccccc2c1. The Morgan fingerprint density at radius 2 is 1.70 bits per heavy atom. The Bertz CT molecular complexity index is 1280. The highest BCUT2D eigenvalue weighted by molar-refractivity contribution is 9.11. The van der Waals surface area contributed by atoms with Gasteiger partial charge in [0.05, 0.1) is 10.2 Å². The zero-order chi connectivity index (χ0) is 21.1. The molecule has 0 aliphatic rings. The topological polar surface area (TPSA) is 50.7 Å². The molecule has 150 valence electrons. The molecule has 0 aliphatic heterocycles. The number of hydrogen-bond donors (Lipinski definition) is 1. The third-order valence-corrected chi connectivity index (χ3v) is 6.07. The number of amides is 1. The summed E-state index contributed by atoms with van der Waals surface area (Å²) in [7, 11) is 0. The van der Waals surface area contributed by atoms with Crippen LogP contribution < -0.4 is 10.2 Å². The first-order valence-corrected chi connectivity index (χ1v) is 10.9. The number of hydrazone groups is 1. The van der Waals surface area contributed by atoms with Crippen molar-refractivity contribution in [2.24, 2.45) is 5.10 Å². The molecule has 0 unspecified atom stereocenters. The summed E-state index contributed by atoms with van der Waals surface area (Å²) in [6.07, 6.45) is 0. The fraction of sp³-hybridized carbons (Fsp3) is 0.0833. The molecule has 0 aliphatic carbocycles. The quantitative estimate of drug-likeness (QED) is 0.241. The molecule has 1 N–H and O–H groups in total. The monoisotopic (exact) mass is 524 g/mol. The van der Waals surface area contributed by atoms with Gasteiger partial charge >= 0.3 is 0 Å². The summed E-state index contributed by atoms with van der Waals surface area (Å²) in [6, 6.07) is 24.0. The van der Waals surface area contributed by atoms with E-state index in [4.69, 9.17) is 4.74 Å². The second-order valence-corrected chi connectivity index (χ2v) is 8.53. The van der Waals surface area contributed by atoms with Gasteiger partial charge in [-0.2, -0.15) is 5.10 Å². The van der Waals surface area contributed by atoms with Gasteiger partial charge in [-0.05, 0) is 74.2 Å². The summed E-state index contributed by atoms with van der Waals surface area (Å²) >= 11 is 7.04. The fourth-order valence-electron chi connectivity index (χ4n) is 3.15. The van der Waals surface area contributed by atoms with E-state index >= 15 is 0 Å². The number of ether oxygens (including phenoxy) is 1. The van der Waals surface area contributed by atoms with Crippen molar-refractivity contribution in [1.82, 2.24) is 5.43 Å². The molecule has 4 rings (SSSR count). The summed E-state index contributed by atoms with van der Waals surface area (Å²) in [6.45, 7) is 1.73. The van der Waals surface area contributed by atoms with Crippen LogP contribution in [0, 0.1) is 0 Å². The highest BCUT2D eigenvalue weighted by Gasteiger charge is 2.09. The van der Waals surface area contributed by atoms with E-state index in [-0.39, 0.29) is 12.5 Å². The molecular formula is C24H18Br2N2O2. The van der Waals surface area contributed by atoms with Gasteiger partial charge in [0.25, 0.3) is 5.91 Å². The molecule has 0 bridgehead atoms. The van der Waals surface area contributed by atoms with Crippen LogP contribution in [0.25, 0.3) is 21.5 Å². The van der Waals surface area contributed by atoms with Gasteiger partial charge in [0.2, 0.25) is 0 Å². The van der Waals surface area contributed by atoms with Gasteiger partial charge < -0.3 is 4.74 Å². The zero-order valence-electron chi connectivity index (χ0n) is 16.2. The number of carbonyl (C=O) groups excluding carboxylic acids is 1. The molecule has 0 saturated heterocycles. The first-order valence-electron chi connectivity index (χ1n) is 9.34. The minimum absolute atomic E-state index is 0.130. The fourth-order valence-corrected chi connectivity index (χ4v) is 4.14. The highest BCUT2D eigenvalue weighted by atomic mass is 79.9. The van der Waals surface area contributed by atoms with Gasteiger partial charge in [0.1, 0.15) is 5.75 Å². The van der Waals surface area contributed by atoms with Crippen molar-refractivity contribution in [3.8, 4) is 5.75 Å². The maximum atomic E-state index is 12.2. The number of benzene rings is 4. The van der Waals surface area contributed by atoms with Gasteiger partial charge in [-0.25, -0.2) is 5.43 Å². The lowest BCUT2D eigenvalue weighted by molar-refractivity contribution is -0.123. The lowest BCUT2D eigenvalue weighted by atomic mass is 10.0. The van der Waals surface area contributed by atoms with Crippen molar-refractivity contribution in [1.29, 1.82) is 0 Å². The van der Waals surface area contributed by atoms with Crippen molar-refractivity contribution in [3.05, 3.63) is 87.3 Å². The minimum atomic E-state index is -0.321. The maximum absolute atomic E-state index is 12.2. The number of fused-ring (bicyclic) bond motifs is 2. The number of carbonyl (C=O) groups is 1. The van der Waals surface area contributed by atoms with Crippen LogP contribution in [-0.4, -0.2) is 18.2 Å². The molecule has 0 spiro atoms. The van der Waals surface area contributed by atoms with Crippen LogP contribution in [0.3, 0.4) is 0 Å². The molecule has 0 heterocycles. The number of hydrogen-bond acceptors (Lipinski definition) is 3. The molecular weight excluding hydrogens is 508 g/mol. The molecule has 1 amide bonds. The number of rotatable bonds is 5. The standard InChI is InChI=1S/C24H18Br2N2O2/c1-15(17-7-6-16-4-2-3-5-18(16)12-17)27-28-23(29)14-30-22-11-8-19-13-20(25)9-10-21(19)24(22)26/h2-13H,14H2,1H3,(H,28,29)/b27-15+. The molecule has 0 radical (unpaired) electrons. The summed E-state index contributed by atoms with van der Waals surface area (Å²) in [5.41, 5.74) is 4.25. The van der Waals surface area contributed by atoms with Gasteiger partial charge in [-0.15, -0.1) is 0 Å². The Hall–Kier alpha value is -2.70. The second kappa shape index (κ2) is 8.98. The molecule has 4 aromatic rings. The lowest BCUT2D eigenvalue weighted by Crippen LogP contribution is -2.25. The molecule has 0 aromatic heterocycles. The van der Waals surface area contributed by atoms with Crippen LogP contribution >= 0.6 is 31.9 Å². The van der Waals surface area contributed by atoms with Gasteiger partial charge in [-0.1, -0.05) is 64.5 Å². The van der Waals surface area contributed by atoms with Crippen molar-refractivity contribution >= 4 is 65.0 Å². The average Bonchev–Trinajstić information content (AvgIpc) is 2.76. The predicted octanol–water partition coefficient (Wildman–Crippen LogP) is 6.44. The van der Waals surface area contributed by atoms with E-state index in [0.717, 1.165) is 36.4 Å². The first-order chi connectivity index (χ1) is 14.5. The largest absolute Gasteiger partial charge is 0.483 e. The zero-order valence-corrected chi connectivity index (χ0v) is 19.3. The Kier molecular flexibility index (Phi) is 6.16. The minimum Gasteiger partial charge on any atom is -0.483 e. The molecule has 0 fully saturated rings. The van der Waals surface area contributed by atoms with Crippen LogP contribution in [0.4, 0.5) is 0 Å². The molecule has 4 aromatic carbocycles. The molecule has 30 heavy (non-hydrogen) atoms. The van der Waals surface area contributed by atoms with Crippen LogP contribution in [-0.2, 0) is 4.79 Å². The van der Waals surface area contributed by atoms with Crippen LogP contribution in [0.1, 0.15) is 12.5 Å². The van der Waals surface area contributed by atoms with Gasteiger partial charge in [0.15, 0.2) is 6.61 Å². The summed E-state index contributed by atoms with van der Waals surface area (Å²) in [5, 5.41) is 8.60. The van der Waals surface area contributed by atoms with Gasteiger partial charge in [0, 0.05) is 4.47 Å². The van der Waals surface area contributed by atoms with Crippen molar-refractivity contribution < 1.29 is 9.53 Å². The normalized spacial score (nSPS) is 11.6. The Balaban J connectivity index is 1.41. The van der Waals surface area contributed by atoms with E-state index in [0.29, 0.717) is 5.75 Å². The summed E-state index contributed by atoms with van der Waals surface area (Å²) in [4.78, 5) is 12.2. The van der Waals surface area contributed by atoms with Crippen LogP contribution in [0.2, 0.25) is 0 Å². The van der Waals surface area contributed by atoms with Crippen LogP contribution in [0.15, 0.2) is 86.8 Å². The van der Waals surface area contributed by atoms with Crippen LogP contribution in [0.5, 0.6) is 5.75 Å². The maximum Gasteiger partial charge on any atom is 0.277 e. The number of nitrogens with zero attached hydrogens (tertiary/aromatic N) is 1. The summed E-state index contributed by atoms with van der Waals surface area (Å²) < 4.78 is 7.52. The molecule has 6 heteroatoms.